The van der Waals surface area contributed by atoms with E-state index in [9.17, 15) is 86.4 Å². The quantitative estimate of drug-likeness (QED) is 0.0286. The van der Waals surface area contributed by atoms with Gasteiger partial charge in [0.2, 0.25) is 0 Å². The molecular weight excluding hydrogens is 2010 g/mol. The van der Waals surface area contributed by atoms with Crippen molar-refractivity contribution in [3.63, 3.8) is 0 Å². The number of nitrogens with one attached hydrogen (secondary N) is 2. The molecule has 0 aliphatic carbocycles. The van der Waals surface area contributed by atoms with Crippen LogP contribution in [0.4, 0.5) is 72.7 Å². The highest BCUT2D eigenvalue weighted by Gasteiger charge is 2.38. The summed E-state index contributed by atoms with van der Waals surface area (Å²) in [6.07, 6.45) is -10.3. The summed E-state index contributed by atoms with van der Waals surface area (Å²) >= 11 is 5.28. The maximum Gasteiger partial charge on any atom is 0.573 e. The van der Waals surface area contributed by atoms with E-state index < -0.39 is 84.2 Å². The molecule has 3 aliphatic rings. The Hall–Kier alpha value is -12.6. The second kappa shape index (κ2) is 43.9. The van der Waals surface area contributed by atoms with E-state index in [2.05, 4.69) is 71.0 Å². The fourth-order valence-corrected chi connectivity index (χ4v) is 27.2. The van der Waals surface area contributed by atoms with Gasteiger partial charge in [-0.1, -0.05) is 117 Å². The number of halogens is 12. The van der Waals surface area contributed by atoms with Gasteiger partial charge in [0.15, 0.2) is 5.84 Å². The van der Waals surface area contributed by atoms with Crippen LogP contribution in [-0.4, -0.2) is 121 Å². The summed E-state index contributed by atoms with van der Waals surface area (Å²) in [5.74, 6) is 1.05. The van der Waals surface area contributed by atoms with Crippen molar-refractivity contribution in [2.45, 2.75) is 169 Å². The second-order valence-corrected chi connectivity index (χ2v) is 44.2. The molecular formula is C97H92F12N14O10S8. The number of pyridine rings is 2. The van der Waals surface area contributed by atoms with E-state index in [0.29, 0.717) is 84.2 Å². The average molecular weight is 2100 g/mol. The van der Waals surface area contributed by atoms with Crippen molar-refractivity contribution in [3.05, 3.63) is 294 Å². The number of amidine groups is 1. The molecule has 0 amide bonds. The third-order valence-corrected chi connectivity index (χ3v) is 35.2. The Kier molecular flexibility index (Phi) is 32.4. The first-order chi connectivity index (χ1) is 66.8. The van der Waals surface area contributed by atoms with Crippen molar-refractivity contribution >= 4 is 169 Å². The van der Waals surface area contributed by atoms with Crippen molar-refractivity contribution in [1.29, 1.82) is 0 Å². The molecule has 3 aliphatic heterocycles. The molecule has 0 unspecified atom stereocenters. The van der Waals surface area contributed by atoms with Gasteiger partial charge in [-0.25, -0.2) is 43.6 Å². The maximum atomic E-state index is 14.1. The zero-order chi connectivity index (χ0) is 101. The van der Waals surface area contributed by atoms with Crippen LogP contribution in [0.2, 0.25) is 0 Å². The van der Waals surface area contributed by atoms with Gasteiger partial charge in [0, 0.05) is 100 Å². The number of unbranched alkanes of at least 4 members (excludes halogenated alkanes) is 3. The van der Waals surface area contributed by atoms with Crippen molar-refractivity contribution in [1.82, 2.24) is 30.4 Å². The number of hydrogen-bond acceptors (Lipinski definition) is 23. The van der Waals surface area contributed by atoms with E-state index in [0.717, 1.165) is 86.8 Å². The molecule has 742 valence electrons. The van der Waals surface area contributed by atoms with Crippen molar-refractivity contribution in [2.75, 3.05) is 36.9 Å². The second-order valence-electron chi connectivity index (χ2n) is 32.6. The van der Waals surface area contributed by atoms with Crippen LogP contribution in [0.5, 0.6) is 5.75 Å². The van der Waals surface area contributed by atoms with Gasteiger partial charge in [-0.05, 0) is 231 Å². The number of aromatic nitrogens is 4. The molecule has 0 bridgehead atoms. The van der Waals surface area contributed by atoms with E-state index in [-0.39, 0.29) is 90.0 Å². The fourth-order valence-electron chi connectivity index (χ4n) is 15.3. The van der Waals surface area contributed by atoms with Crippen LogP contribution in [-0.2, 0) is 57.9 Å². The van der Waals surface area contributed by atoms with Crippen LogP contribution in [0.15, 0.2) is 284 Å². The fraction of sp³-hybridized carbons (Fsp3) is 0.268. The summed E-state index contributed by atoms with van der Waals surface area (Å²) in [7, 11) is -16.2. The van der Waals surface area contributed by atoms with Crippen molar-refractivity contribution in [2.24, 2.45) is 20.4 Å². The molecule has 0 saturated heterocycles. The van der Waals surface area contributed by atoms with Crippen LogP contribution in [0, 0.1) is 27.7 Å². The summed E-state index contributed by atoms with van der Waals surface area (Å²) in [4.78, 5) is 22.1. The Labute approximate surface area is 821 Å². The maximum absolute atomic E-state index is 14.1. The number of ether oxygens (including phenoxy) is 1. The lowest BCUT2D eigenvalue weighted by atomic mass is 10.2. The first-order valence-corrected chi connectivity index (χ1v) is 52.9. The van der Waals surface area contributed by atoms with Gasteiger partial charge in [0.25, 0.3) is 40.1 Å². The number of hydrogen-bond donors (Lipinski definition) is 2. The van der Waals surface area contributed by atoms with E-state index in [1.807, 2.05) is 136 Å². The standard InChI is InChI=1S/C29H26F3N3O3S2.C23H23F3N4O2S2.C23H22F3N3O3S2.C22H21F3N4O2S2/c1-3-6-22-18-34(19-33-22)23-11-15-25(16-12-23)40(36,37)35(28-20(2)26-7-4-5-8-27(26)39-28)17-21-9-13-24(14-10-21)38-29(30,31)32;1-15-19-7-3-4-8-20(19)33-22(15)30(14-6-5-13-23(24,25)26)34(31,32)18-11-9-17(10-12-18)21-27-16(2)28-29-21;1-15-13-20(28-32-15)19-10-9-17(14-27-19)34(30,31)29(12-6-5-11-23(24,25)26)22-16(2)18-7-3-4-8-21(18)33-22;1-15-17-6-2-3-7-20(17)32-21(15)29(13-5-4-11-22(23,24)25)33(30,31)16-8-9-18(26-14-16)19-10-12-27-28-19/h4-5,7-16,18-19H,3,6,17H2,1-2H3;3-4,7-12,28H,2,5-6,13-14H2,1H3,(H,27,29);3-4,7-10,14H,1,5-6,11-13H2,2H3;2-3,6-9,12,14H,4-5,10-11,13H2,1H3. The van der Waals surface area contributed by atoms with Gasteiger partial charge >= 0.3 is 24.9 Å². The number of alkyl halides is 12. The summed E-state index contributed by atoms with van der Waals surface area (Å²) < 4.78 is 276. The minimum atomic E-state index is -4.81. The van der Waals surface area contributed by atoms with E-state index in [4.69, 9.17) is 4.84 Å². The lowest BCUT2D eigenvalue weighted by molar-refractivity contribution is -0.274. The Balaban J connectivity index is 0.000000150. The SMILES string of the molecule is C=C1CC(c2ccc(S(=O)(=O)N(CCCCC(F)(F)F)c3sc4ccccc4c3C)cn2)=NO1.C=C1N=C(c2ccc(S(=O)(=O)N(CCCCC(F)(F)F)c3sc4ccccc4c3C)cc2)NN1.CCCc1cn(-c2ccc(S(=O)(=O)N(Cc3ccc(OC(F)(F)F)cc3)c3sc4ccccc4c3C)cc2)cn1.Cc1c(N(CCCCC(F)(F)F)S(=O)(=O)c2ccc(C3=NN=CC3)nc2)sc2ccccc12. The zero-order valence-electron chi connectivity index (χ0n) is 76.0. The average Bonchev–Trinajstić information content (AvgIpc) is 1.66. The molecule has 0 saturated carbocycles. The Morgan fingerprint density at radius 2 is 0.858 bits per heavy atom. The molecule has 44 heteroatoms. The van der Waals surface area contributed by atoms with Crippen LogP contribution in [0.3, 0.4) is 0 Å². The molecule has 0 atom stereocenters. The largest absolute Gasteiger partial charge is 0.573 e. The third-order valence-electron chi connectivity index (χ3n) is 22.5. The summed E-state index contributed by atoms with van der Waals surface area (Å²) in [5, 5.41) is 17.4. The molecule has 0 radical (unpaired) electrons. The number of oxime groups is 1. The van der Waals surface area contributed by atoms with Crippen molar-refractivity contribution in [3.8, 4) is 11.4 Å². The van der Waals surface area contributed by atoms with Gasteiger partial charge in [-0.15, -0.1) is 58.5 Å². The minimum absolute atomic E-state index is 0.0292. The summed E-state index contributed by atoms with van der Waals surface area (Å²) in [5.41, 5.74) is 13.8. The number of hydrazine groups is 1. The van der Waals surface area contributed by atoms with Gasteiger partial charge < -0.3 is 14.1 Å². The number of imidazole rings is 1. The van der Waals surface area contributed by atoms with Gasteiger partial charge in [0.05, 0.1) is 51.9 Å². The number of rotatable bonds is 33. The third kappa shape index (κ3) is 25.7. The number of benzene rings is 7. The van der Waals surface area contributed by atoms with Crippen molar-refractivity contribution < 1.29 is 95.9 Å². The first kappa shape index (κ1) is 104. The molecule has 7 aromatic heterocycles. The molecule has 141 heavy (non-hydrogen) atoms. The number of nitrogens with zero attached hydrogens (tertiary/aromatic N) is 12. The molecule has 14 aromatic rings. The lowest BCUT2D eigenvalue weighted by Gasteiger charge is -2.24. The predicted octanol–water partition coefficient (Wildman–Crippen LogP) is 25.0. The molecule has 0 fully saturated rings. The van der Waals surface area contributed by atoms with Crippen LogP contribution in [0.1, 0.15) is 134 Å². The Morgan fingerprint density at radius 3 is 1.22 bits per heavy atom. The predicted molar refractivity (Wildman–Crippen MR) is 532 cm³/mol. The van der Waals surface area contributed by atoms with Gasteiger partial charge in [0.1, 0.15) is 52.8 Å². The van der Waals surface area contributed by atoms with Crippen LogP contribution < -0.4 is 32.8 Å². The number of anilines is 4. The van der Waals surface area contributed by atoms with Crippen LogP contribution >= 0.6 is 45.3 Å². The van der Waals surface area contributed by atoms with E-state index in [1.165, 1.54) is 130 Å². The smallest absolute Gasteiger partial charge is 0.406 e. The Morgan fingerprint density at radius 1 is 0.461 bits per heavy atom. The molecule has 7 aromatic carbocycles. The van der Waals surface area contributed by atoms with Gasteiger partial charge in [-0.3, -0.25) is 38.0 Å². The number of aliphatic imine (C=N–C) groups is 1. The highest BCUT2D eigenvalue weighted by molar-refractivity contribution is 7.94. The molecule has 0 spiro atoms. The normalized spacial score (nSPS) is 13.6. The Bertz CT molecular complexity index is 7500. The van der Waals surface area contributed by atoms with Crippen LogP contribution in [0.25, 0.3) is 46.0 Å². The van der Waals surface area contributed by atoms with E-state index >= 15 is 0 Å². The number of sulfonamides is 4. The highest BCUT2D eigenvalue weighted by atomic mass is 32.2. The lowest BCUT2D eigenvalue weighted by Crippen LogP contribution is -2.32. The zero-order valence-corrected chi connectivity index (χ0v) is 82.6. The van der Waals surface area contributed by atoms with E-state index in [1.54, 1.807) is 55.0 Å². The number of fused-ring (bicyclic) bond motifs is 4. The topological polar surface area (TPSA) is 285 Å². The molecule has 2 N–H and O–H groups in total. The first-order valence-electron chi connectivity index (χ1n) is 43.9. The molecule has 17 rings (SSSR count). The number of aryl methyl sites for hydroxylation is 5. The minimum Gasteiger partial charge on any atom is -0.406 e. The highest BCUT2D eigenvalue weighted by Crippen LogP contribution is 2.46. The number of thiophene rings is 4. The summed E-state index contributed by atoms with van der Waals surface area (Å²) in [6.45, 7) is 16.5. The van der Waals surface area contributed by atoms with Gasteiger partial charge in [-0.2, -0.15) is 49.7 Å². The molecule has 24 nitrogen and oxygen atoms in total. The summed E-state index contributed by atoms with van der Waals surface area (Å²) in [6, 6.07) is 54.2. The molecule has 10 heterocycles. The monoisotopic (exact) mass is 2100 g/mol. The number of allylic oxidation sites excluding steroid dienone is 1.